The van der Waals surface area contributed by atoms with Gasteiger partial charge >= 0.3 is 0 Å². The summed E-state index contributed by atoms with van der Waals surface area (Å²) in [6.45, 7) is 0. The van der Waals surface area contributed by atoms with Crippen LogP contribution in [-0.2, 0) is 4.79 Å². The summed E-state index contributed by atoms with van der Waals surface area (Å²) in [5, 5.41) is 0. The van der Waals surface area contributed by atoms with Crippen molar-refractivity contribution >= 4 is 12.0 Å². The Labute approximate surface area is 67.5 Å². The summed E-state index contributed by atoms with van der Waals surface area (Å²) >= 11 is 0. The highest BCUT2D eigenvalue weighted by Crippen LogP contribution is 2.06. The highest BCUT2D eigenvalue weighted by atomic mass is 19.1. The summed E-state index contributed by atoms with van der Waals surface area (Å²) < 4.78 is 12.8. The topological polar surface area (TPSA) is 46.5 Å². The number of benzene rings is 1. The second-order valence-electron chi connectivity index (χ2n) is 1.99. The third-order valence-electron chi connectivity index (χ3n) is 1.25. The lowest BCUT2D eigenvalue weighted by Gasteiger charge is -1.93. The zero-order valence-corrected chi connectivity index (χ0v) is 5.95. The molecule has 0 saturated heterocycles. The second kappa shape index (κ2) is 3.55. The maximum absolute atomic E-state index is 12.8. The minimum Gasteiger partial charge on any atom is -0.266 e. The molecule has 0 bridgehead atoms. The number of nitrogens with zero attached hydrogens (tertiary/aromatic N) is 1. The molecule has 60 valence electrons. The maximum atomic E-state index is 12.8. The van der Waals surface area contributed by atoms with Gasteiger partial charge in [-0.05, 0) is 12.1 Å². The first-order valence-electron chi connectivity index (χ1n) is 3.12. The van der Waals surface area contributed by atoms with Gasteiger partial charge in [0, 0.05) is 0 Å². The van der Waals surface area contributed by atoms with E-state index >= 15 is 0 Å². The van der Waals surface area contributed by atoms with Crippen molar-refractivity contribution in [2.45, 2.75) is 0 Å². The van der Waals surface area contributed by atoms with Crippen molar-refractivity contribution in [3.63, 3.8) is 0 Å². The average molecular weight is 165 g/mol. The van der Waals surface area contributed by atoms with Crippen molar-refractivity contribution in [2.75, 3.05) is 0 Å². The summed E-state index contributed by atoms with van der Waals surface area (Å²) in [6, 6.07) is 5.29. The number of carbonyl (C=O) groups excluding carboxylic acids is 2. The third kappa shape index (κ3) is 1.62. The van der Waals surface area contributed by atoms with Gasteiger partial charge in [-0.3, -0.25) is 4.79 Å². The minimum atomic E-state index is -0.914. The van der Waals surface area contributed by atoms with Crippen molar-refractivity contribution in [3.8, 4) is 0 Å². The van der Waals surface area contributed by atoms with E-state index < -0.39 is 11.7 Å². The molecular weight excluding hydrogens is 161 g/mol. The molecule has 0 heterocycles. The van der Waals surface area contributed by atoms with Gasteiger partial charge in [0.05, 0.1) is 5.56 Å². The van der Waals surface area contributed by atoms with Crippen LogP contribution in [0.25, 0.3) is 0 Å². The predicted octanol–water partition coefficient (Wildman–Crippen LogP) is 1.30. The zero-order chi connectivity index (χ0) is 8.97. The fourth-order valence-electron chi connectivity index (χ4n) is 0.736. The molecule has 0 aliphatic heterocycles. The molecule has 1 aromatic carbocycles. The van der Waals surface area contributed by atoms with Crippen LogP contribution >= 0.6 is 0 Å². The highest BCUT2D eigenvalue weighted by molar-refractivity contribution is 5.97. The first-order chi connectivity index (χ1) is 5.75. The first kappa shape index (κ1) is 8.30. The van der Waals surface area contributed by atoms with E-state index in [1.165, 1.54) is 18.2 Å². The summed E-state index contributed by atoms with van der Waals surface area (Å²) in [5.41, 5.74) is -0.221. The molecule has 0 saturated carbocycles. The Morgan fingerprint density at radius 3 is 2.67 bits per heavy atom. The van der Waals surface area contributed by atoms with Gasteiger partial charge in [0.1, 0.15) is 5.82 Å². The van der Waals surface area contributed by atoms with Gasteiger partial charge in [-0.15, -0.1) is 4.99 Å². The molecule has 0 unspecified atom stereocenters. The van der Waals surface area contributed by atoms with Crippen LogP contribution in [0.4, 0.5) is 4.39 Å². The largest absolute Gasteiger partial charge is 0.290 e. The highest BCUT2D eigenvalue weighted by Gasteiger charge is 2.08. The van der Waals surface area contributed by atoms with Crippen LogP contribution in [-0.4, -0.2) is 12.0 Å². The lowest BCUT2D eigenvalue weighted by atomic mass is 10.2. The number of hydrogen-bond acceptors (Lipinski definition) is 2. The van der Waals surface area contributed by atoms with E-state index in [1.807, 2.05) is 0 Å². The van der Waals surface area contributed by atoms with E-state index in [2.05, 4.69) is 4.99 Å². The predicted molar refractivity (Wildman–Crippen MR) is 38.9 cm³/mol. The molecule has 0 N–H and O–H groups in total. The summed E-state index contributed by atoms with van der Waals surface area (Å²) in [4.78, 5) is 23.2. The molecule has 12 heavy (non-hydrogen) atoms. The number of halogens is 1. The van der Waals surface area contributed by atoms with E-state index in [4.69, 9.17) is 0 Å². The molecule has 0 aliphatic carbocycles. The Bertz CT molecular complexity index is 356. The monoisotopic (exact) mass is 165 g/mol. The Hall–Kier alpha value is -1.80. The molecule has 0 spiro atoms. The lowest BCUT2D eigenvalue weighted by Crippen LogP contribution is -1.97. The number of carbonyl (C=O) groups is 1. The van der Waals surface area contributed by atoms with Crippen molar-refractivity contribution < 1.29 is 14.0 Å². The molecule has 0 aliphatic rings. The Morgan fingerprint density at radius 1 is 1.42 bits per heavy atom. The minimum absolute atomic E-state index is 0.221. The summed E-state index contributed by atoms with van der Waals surface area (Å²) in [7, 11) is 0. The number of rotatable bonds is 1. The molecule has 0 radical (unpaired) electrons. The van der Waals surface area contributed by atoms with Gasteiger partial charge in [-0.25, -0.2) is 9.18 Å². The Morgan fingerprint density at radius 2 is 2.08 bits per heavy atom. The van der Waals surface area contributed by atoms with E-state index in [-0.39, 0.29) is 5.56 Å². The van der Waals surface area contributed by atoms with Crippen LogP contribution in [0.5, 0.6) is 0 Å². The first-order valence-corrected chi connectivity index (χ1v) is 3.12. The molecule has 0 fully saturated rings. The smallest absolute Gasteiger partial charge is 0.266 e. The fourth-order valence-corrected chi connectivity index (χ4v) is 0.736. The standard InChI is InChI=1S/C8H4FNO2/c9-7-4-2-1-3-6(7)8(12)10-5-11/h1-4H. The number of amides is 1. The van der Waals surface area contributed by atoms with Crippen LogP contribution in [0.1, 0.15) is 10.4 Å². The van der Waals surface area contributed by atoms with Crippen LogP contribution < -0.4 is 0 Å². The molecule has 3 nitrogen and oxygen atoms in total. The molecule has 4 heteroatoms. The van der Waals surface area contributed by atoms with Crippen LogP contribution in [0.3, 0.4) is 0 Å². The number of isocyanates is 1. The fraction of sp³-hybridized carbons (Fsp3) is 0. The van der Waals surface area contributed by atoms with Gasteiger partial charge in [-0.2, -0.15) is 0 Å². The zero-order valence-electron chi connectivity index (χ0n) is 5.95. The van der Waals surface area contributed by atoms with E-state index in [0.717, 1.165) is 12.1 Å². The molecule has 1 aromatic rings. The molecule has 1 rings (SSSR count). The normalized spacial score (nSPS) is 8.75. The average Bonchev–Trinajstić information content (AvgIpc) is 2.05. The molecule has 0 atom stereocenters. The Kier molecular flexibility index (Phi) is 2.46. The van der Waals surface area contributed by atoms with Gasteiger partial charge < -0.3 is 0 Å². The van der Waals surface area contributed by atoms with Crippen LogP contribution in [0.2, 0.25) is 0 Å². The third-order valence-corrected chi connectivity index (χ3v) is 1.25. The number of hydrogen-bond donors (Lipinski definition) is 0. The van der Waals surface area contributed by atoms with Crippen LogP contribution in [0, 0.1) is 5.82 Å². The lowest BCUT2D eigenvalue weighted by molar-refractivity contribution is 0.0999. The van der Waals surface area contributed by atoms with Crippen LogP contribution in [0.15, 0.2) is 29.3 Å². The summed E-state index contributed by atoms with van der Waals surface area (Å²) in [5.74, 6) is -1.61. The molecule has 1 amide bonds. The Balaban J connectivity index is 3.11. The van der Waals surface area contributed by atoms with Gasteiger partial charge in [0.2, 0.25) is 6.08 Å². The van der Waals surface area contributed by atoms with Crippen molar-refractivity contribution in [3.05, 3.63) is 35.6 Å². The molecule has 0 aromatic heterocycles. The van der Waals surface area contributed by atoms with Gasteiger partial charge in [-0.1, -0.05) is 12.1 Å². The van der Waals surface area contributed by atoms with E-state index in [9.17, 15) is 14.0 Å². The maximum Gasteiger partial charge on any atom is 0.290 e. The van der Waals surface area contributed by atoms with Crippen molar-refractivity contribution in [1.29, 1.82) is 0 Å². The van der Waals surface area contributed by atoms with E-state index in [1.54, 1.807) is 0 Å². The van der Waals surface area contributed by atoms with Crippen molar-refractivity contribution in [1.82, 2.24) is 0 Å². The van der Waals surface area contributed by atoms with Crippen molar-refractivity contribution in [2.24, 2.45) is 4.99 Å². The SMILES string of the molecule is O=C=NC(=O)c1ccccc1F. The summed E-state index contributed by atoms with van der Waals surface area (Å²) in [6.07, 6.45) is 1.05. The van der Waals surface area contributed by atoms with E-state index in [0.29, 0.717) is 0 Å². The molecular formula is C8H4FNO2. The quantitative estimate of drug-likeness (QED) is 0.465. The second-order valence-corrected chi connectivity index (χ2v) is 1.99. The van der Waals surface area contributed by atoms with Gasteiger partial charge in [0.15, 0.2) is 0 Å². The van der Waals surface area contributed by atoms with Gasteiger partial charge in [0.25, 0.3) is 5.91 Å². The number of aliphatic imine (C=N–C) groups is 1.